The van der Waals surface area contributed by atoms with Crippen LogP contribution in [0.3, 0.4) is 0 Å². The van der Waals surface area contributed by atoms with Gasteiger partial charge in [-0.3, -0.25) is 0 Å². The van der Waals surface area contributed by atoms with E-state index in [-0.39, 0.29) is 0 Å². The molecule has 94 valence electrons. The fourth-order valence-electron chi connectivity index (χ4n) is 1.83. The van der Waals surface area contributed by atoms with E-state index in [0.717, 1.165) is 18.3 Å². The van der Waals surface area contributed by atoms with E-state index in [1.165, 1.54) is 24.0 Å². The lowest BCUT2D eigenvalue weighted by molar-refractivity contribution is 0.145. The highest BCUT2D eigenvalue weighted by Crippen LogP contribution is 2.25. The average Bonchev–Trinajstić information content (AvgIpc) is 3.13. The molecule has 0 heterocycles. The summed E-state index contributed by atoms with van der Waals surface area (Å²) < 4.78 is 10.8. The fourth-order valence-corrected chi connectivity index (χ4v) is 1.83. The van der Waals surface area contributed by atoms with Crippen molar-refractivity contribution in [2.24, 2.45) is 0 Å². The Kier molecular flexibility index (Phi) is 4.40. The smallest absolute Gasteiger partial charge is 0.126 e. The van der Waals surface area contributed by atoms with E-state index >= 15 is 0 Å². The third-order valence-corrected chi connectivity index (χ3v) is 2.99. The predicted molar refractivity (Wildman–Crippen MR) is 68.4 cm³/mol. The number of nitrogens with one attached hydrogen (secondary N) is 1. The lowest BCUT2D eigenvalue weighted by Gasteiger charge is -2.14. The van der Waals surface area contributed by atoms with E-state index in [2.05, 4.69) is 30.4 Å². The first-order chi connectivity index (χ1) is 8.31. The summed E-state index contributed by atoms with van der Waals surface area (Å²) >= 11 is 0. The van der Waals surface area contributed by atoms with Gasteiger partial charge in [0, 0.05) is 25.3 Å². The topological polar surface area (TPSA) is 30.5 Å². The summed E-state index contributed by atoms with van der Waals surface area (Å²) in [7, 11) is 1.69. The Hall–Kier alpha value is -1.06. The van der Waals surface area contributed by atoms with Crippen molar-refractivity contribution in [3.8, 4) is 5.75 Å². The molecule has 1 aromatic rings. The maximum absolute atomic E-state index is 5.80. The van der Waals surface area contributed by atoms with Crippen LogP contribution < -0.4 is 10.1 Å². The monoisotopic (exact) mass is 235 g/mol. The molecule has 0 saturated heterocycles. The van der Waals surface area contributed by atoms with Crippen LogP contribution in [0.1, 0.15) is 24.0 Å². The van der Waals surface area contributed by atoms with Gasteiger partial charge in [0.1, 0.15) is 12.4 Å². The highest BCUT2D eigenvalue weighted by molar-refractivity contribution is 5.40. The molecular weight excluding hydrogens is 214 g/mol. The molecule has 3 heteroatoms. The van der Waals surface area contributed by atoms with Gasteiger partial charge in [0.2, 0.25) is 0 Å². The Morgan fingerprint density at radius 1 is 1.29 bits per heavy atom. The summed E-state index contributed by atoms with van der Waals surface area (Å²) in [6.45, 7) is 4.22. The van der Waals surface area contributed by atoms with Crippen LogP contribution in [0.25, 0.3) is 0 Å². The van der Waals surface area contributed by atoms with Gasteiger partial charge in [0.25, 0.3) is 0 Å². The van der Waals surface area contributed by atoms with Crippen molar-refractivity contribution in [3.05, 3.63) is 29.3 Å². The van der Waals surface area contributed by atoms with Crippen molar-refractivity contribution in [1.82, 2.24) is 5.32 Å². The maximum Gasteiger partial charge on any atom is 0.126 e. The third-order valence-electron chi connectivity index (χ3n) is 2.99. The van der Waals surface area contributed by atoms with Crippen molar-refractivity contribution in [1.29, 1.82) is 0 Å². The first kappa shape index (κ1) is 12.4. The number of ether oxygens (including phenoxy) is 2. The highest BCUT2D eigenvalue weighted by Gasteiger charge is 2.20. The van der Waals surface area contributed by atoms with Crippen LogP contribution in [0.15, 0.2) is 18.2 Å². The Bertz CT molecular complexity index is 361. The molecule has 1 aliphatic rings. The number of aryl methyl sites for hydroxylation is 1. The number of hydrogen-bond donors (Lipinski definition) is 1. The van der Waals surface area contributed by atoms with Crippen LogP contribution in [0.4, 0.5) is 0 Å². The molecule has 1 aromatic carbocycles. The maximum atomic E-state index is 5.80. The first-order valence-corrected chi connectivity index (χ1v) is 6.25. The molecule has 1 saturated carbocycles. The standard InChI is InChI=1S/C14H21NO2/c1-11-4-3-5-12(10-15-13-6-7-13)14(11)17-9-8-16-2/h3-5,13,15H,6-10H2,1-2H3. The molecule has 1 fully saturated rings. The molecule has 3 nitrogen and oxygen atoms in total. The molecule has 17 heavy (non-hydrogen) atoms. The number of benzene rings is 1. The van der Waals surface area contributed by atoms with Gasteiger partial charge in [-0.1, -0.05) is 18.2 Å². The second-order valence-electron chi connectivity index (χ2n) is 4.56. The van der Waals surface area contributed by atoms with Gasteiger partial charge in [-0.05, 0) is 25.3 Å². The van der Waals surface area contributed by atoms with Crippen LogP contribution in [0, 0.1) is 6.92 Å². The van der Waals surface area contributed by atoms with E-state index in [9.17, 15) is 0 Å². The minimum atomic E-state index is 0.609. The molecule has 1 N–H and O–H groups in total. The number of rotatable bonds is 7. The molecule has 0 atom stereocenters. The molecule has 1 aliphatic carbocycles. The number of methoxy groups -OCH3 is 1. The van der Waals surface area contributed by atoms with Crippen molar-refractivity contribution in [3.63, 3.8) is 0 Å². The Morgan fingerprint density at radius 2 is 2.12 bits per heavy atom. The molecular formula is C14H21NO2. The first-order valence-electron chi connectivity index (χ1n) is 6.25. The van der Waals surface area contributed by atoms with Crippen LogP contribution in [0.5, 0.6) is 5.75 Å². The molecule has 2 rings (SSSR count). The van der Waals surface area contributed by atoms with E-state index in [0.29, 0.717) is 13.2 Å². The van der Waals surface area contributed by atoms with E-state index < -0.39 is 0 Å². The summed E-state index contributed by atoms with van der Waals surface area (Å²) in [5.74, 6) is 1.01. The lowest BCUT2D eigenvalue weighted by Crippen LogP contribution is -2.17. The largest absolute Gasteiger partial charge is 0.491 e. The lowest BCUT2D eigenvalue weighted by atomic mass is 10.1. The van der Waals surface area contributed by atoms with Crippen LogP contribution in [0.2, 0.25) is 0 Å². The SMILES string of the molecule is COCCOc1c(C)cccc1CNC1CC1. The summed E-state index contributed by atoms with van der Waals surface area (Å²) in [6.07, 6.45) is 2.62. The number of hydrogen-bond acceptors (Lipinski definition) is 3. The van der Waals surface area contributed by atoms with Crippen molar-refractivity contribution >= 4 is 0 Å². The zero-order valence-corrected chi connectivity index (χ0v) is 10.7. The van der Waals surface area contributed by atoms with Crippen LogP contribution in [-0.4, -0.2) is 26.4 Å². The Balaban J connectivity index is 1.98. The van der Waals surface area contributed by atoms with Crippen molar-refractivity contribution in [2.75, 3.05) is 20.3 Å². The number of para-hydroxylation sites is 1. The quantitative estimate of drug-likeness (QED) is 0.735. The Morgan fingerprint density at radius 3 is 2.82 bits per heavy atom. The van der Waals surface area contributed by atoms with Gasteiger partial charge >= 0.3 is 0 Å². The second-order valence-corrected chi connectivity index (χ2v) is 4.56. The Labute approximate surface area is 103 Å². The molecule has 0 unspecified atom stereocenters. The van der Waals surface area contributed by atoms with Crippen LogP contribution >= 0.6 is 0 Å². The van der Waals surface area contributed by atoms with Gasteiger partial charge < -0.3 is 14.8 Å². The zero-order chi connectivity index (χ0) is 12.1. The summed E-state index contributed by atoms with van der Waals surface area (Å²) in [4.78, 5) is 0. The molecule has 0 amide bonds. The molecule has 0 aromatic heterocycles. The minimum absolute atomic E-state index is 0.609. The van der Waals surface area contributed by atoms with E-state index in [1.54, 1.807) is 7.11 Å². The van der Waals surface area contributed by atoms with Gasteiger partial charge in [-0.25, -0.2) is 0 Å². The van der Waals surface area contributed by atoms with Crippen LogP contribution in [-0.2, 0) is 11.3 Å². The van der Waals surface area contributed by atoms with E-state index in [1.807, 2.05) is 0 Å². The van der Waals surface area contributed by atoms with Crippen molar-refractivity contribution in [2.45, 2.75) is 32.4 Å². The fraction of sp³-hybridized carbons (Fsp3) is 0.571. The second kappa shape index (κ2) is 6.03. The van der Waals surface area contributed by atoms with E-state index in [4.69, 9.17) is 9.47 Å². The van der Waals surface area contributed by atoms with Gasteiger partial charge in [0.15, 0.2) is 0 Å². The molecule has 0 aliphatic heterocycles. The van der Waals surface area contributed by atoms with Gasteiger partial charge in [-0.15, -0.1) is 0 Å². The summed E-state index contributed by atoms with van der Waals surface area (Å²) in [5.41, 5.74) is 2.43. The summed E-state index contributed by atoms with van der Waals surface area (Å²) in [5, 5.41) is 3.52. The summed E-state index contributed by atoms with van der Waals surface area (Å²) in [6, 6.07) is 7.03. The normalized spacial score (nSPS) is 14.9. The molecule has 0 bridgehead atoms. The highest BCUT2D eigenvalue weighted by atomic mass is 16.5. The minimum Gasteiger partial charge on any atom is -0.491 e. The van der Waals surface area contributed by atoms with Crippen molar-refractivity contribution < 1.29 is 9.47 Å². The third kappa shape index (κ3) is 3.72. The molecule has 0 spiro atoms. The molecule has 0 radical (unpaired) electrons. The van der Waals surface area contributed by atoms with Gasteiger partial charge in [-0.2, -0.15) is 0 Å². The predicted octanol–water partition coefficient (Wildman–Crippen LogP) is 2.27. The zero-order valence-electron chi connectivity index (χ0n) is 10.7. The van der Waals surface area contributed by atoms with Gasteiger partial charge in [0.05, 0.1) is 6.61 Å². The average molecular weight is 235 g/mol.